The van der Waals surface area contributed by atoms with Crippen LogP contribution in [0.15, 0.2) is 10.7 Å². The number of hydrogen-bond acceptors (Lipinski definition) is 6. The Labute approximate surface area is 89.0 Å². The largest absolute Gasteiger partial charge is 0.432 e. The van der Waals surface area contributed by atoms with Crippen LogP contribution in [0.5, 0.6) is 0 Å². The van der Waals surface area contributed by atoms with E-state index in [0.29, 0.717) is 24.8 Å². The van der Waals surface area contributed by atoms with E-state index in [0.717, 1.165) is 0 Å². The summed E-state index contributed by atoms with van der Waals surface area (Å²) in [6, 6.07) is 0.388. The molecule has 0 aliphatic carbocycles. The van der Waals surface area contributed by atoms with Gasteiger partial charge in [-0.05, 0) is 0 Å². The fourth-order valence-corrected chi connectivity index (χ4v) is 1.57. The first-order valence-corrected chi connectivity index (χ1v) is 6.52. The van der Waals surface area contributed by atoms with Gasteiger partial charge in [0.05, 0.1) is 11.4 Å². The van der Waals surface area contributed by atoms with E-state index < -0.39 is 9.84 Å². The molecule has 6 nitrogen and oxygen atoms in total. The molecular weight excluding hydrogens is 218 g/mol. The molecule has 2 N–H and O–H groups in total. The van der Waals surface area contributed by atoms with E-state index in [1.54, 1.807) is 11.9 Å². The van der Waals surface area contributed by atoms with Crippen molar-refractivity contribution < 1.29 is 12.8 Å². The molecule has 0 saturated heterocycles. The first-order valence-electron chi connectivity index (χ1n) is 4.45. The van der Waals surface area contributed by atoms with Crippen LogP contribution in [0.1, 0.15) is 5.69 Å². The lowest BCUT2D eigenvalue weighted by molar-refractivity contribution is 0.546. The van der Waals surface area contributed by atoms with Crippen molar-refractivity contribution in [3.05, 3.63) is 12.0 Å². The van der Waals surface area contributed by atoms with E-state index in [-0.39, 0.29) is 5.75 Å². The Morgan fingerprint density at radius 1 is 1.60 bits per heavy atom. The van der Waals surface area contributed by atoms with Gasteiger partial charge in [0, 0.05) is 26.4 Å². The number of oxazole rings is 1. The Hall–Kier alpha value is -1.08. The molecule has 0 radical (unpaired) electrons. The third-order valence-corrected chi connectivity index (χ3v) is 2.80. The van der Waals surface area contributed by atoms with E-state index in [9.17, 15) is 8.42 Å². The lowest BCUT2D eigenvalue weighted by atomic mass is 10.5. The molecule has 1 heterocycles. The summed E-state index contributed by atoms with van der Waals surface area (Å²) < 4.78 is 27.0. The number of nitrogens with two attached hydrogens (primary N) is 1. The minimum Gasteiger partial charge on any atom is -0.432 e. The van der Waals surface area contributed by atoms with E-state index in [2.05, 4.69) is 4.98 Å². The summed E-state index contributed by atoms with van der Waals surface area (Å²) in [6.07, 6.45) is 2.66. The third kappa shape index (κ3) is 3.88. The Morgan fingerprint density at radius 2 is 2.27 bits per heavy atom. The summed E-state index contributed by atoms with van der Waals surface area (Å²) in [7, 11) is -1.24. The maximum Gasteiger partial charge on any atom is 0.297 e. The molecular formula is C8H15N3O3S. The molecule has 0 spiro atoms. The second-order valence-electron chi connectivity index (χ2n) is 3.38. The molecule has 86 valence electrons. The van der Waals surface area contributed by atoms with Crippen LogP contribution in [0.2, 0.25) is 0 Å². The monoisotopic (exact) mass is 233 g/mol. The molecule has 0 saturated carbocycles. The van der Waals surface area contributed by atoms with Crippen LogP contribution in [0.25, 0.3) is 0 Å². The van der Waals surface area contributed by atoms with Crippen molar-refractivity contribution in [2.75, 3.05) is 30.5 Å². The Balaban J connectivity index is 2.57. The predicted molar refractivity (Wildman–Crippen MR) is 57.4 cm³/mol. The second kappa shape index (κ2) is 4.63. The molecule has 0 aromatic carbocycles. The average molecular weight is 233 g/mol. The lowest BCUT2D eigenvalue weighted by Crippen LogP contribution is -2.25. The van der Waals surface area contributed by atoms with Gasteiger partial charge in [0.2, 0.25) is 0 Å². The van der Waals surface area contributed by atoms with Crippen molar-refractivity contribution in [2.45, 2.75) is 6.54 Å². The zero-order chi connectivity index (χ0) is 11.5. The molecule has 1 aromatic heterocycles. The maximum absolute atomic E-state index is 10.9. The minimum absolute atomic E-state index is 0.0733. The third-order valence-electron chi connectivity index (χ3n) is 1.87. The highest BCUT2D eigenvalue weighted by Gasteiger charge is 2.10. The van der Waals surface area contributed by atoms with Gasteiger partial charge in [-0.15, -0.1) is 0 Å². The highest BCUT2D eigenvalue weighted by atomic mass is 32.2. The molecule has 7 heteroatoms. The van der Waals surface area contributed by atoms with Gasteiger partial charge in [0.25, 0.3) is 6.01 Å². The maximum atomic E-state index is 10.9. The number of aromatic nitrogens is 1. The summed E-state index contributed by atoms with van der Waals surface area (Å²) in [5.74, 6) is 0.0733. The fourth-order valence-electron chi connectivity index (χ4n) is 0.964. The number of sulfone groups is 1. The average Bonchev–Trinajstić information content (AvgIpc) is 2.61. The van der Waals surface area contributed by atoms with E-state index in [1.165, 1.54) is 12.5 Å². The summed E-state index contributed by atoms with van der Waals surface area (Å²) in [5, 5.41) is 0. The molecule has 0 aliphatic heterocycles. The SMILES string of the molecule is CN(CCS(C)(=O)=O)c1nc(CN)co1. The lowest BCUT2D eigenvalue weighted by Gasteiger charge is -2.12. The zero-order valence-corrected chi connectivity index (χ0v) is 9.62. The van der Waals surface area contributed by atoms with Gasteiger partial charge < -0.3 is 15.1 Å². The summed E-state index contributed by atoms with van der Waals surface area (Å²) in [6.45, 7) is 0.659. The van der Waals surface area contributed by atoms with E-state index in [1.807, 2.05) is 0 Å². The molecule has 0 amide bonds. The molecule has 0 atom stereocenters. The zero-order valence-electron chi connectivity index (χ0n) is 8.80. The summed E-state index contributed by atoms with van der Waals surface area (Å²) >= 11 is 0. The smallest absolute Gasteiger partial charge is 0.297 e. The van der Waals surface area contributed by atoms with Crippen molar-refractivity contribution in [1.29, 1.82) is 0 Å². The van der Waals surface area contributed by atoms with Crippen molar-refractivity contribution >= 4 is 15.9 Å². The fraction of sp³-hybridized carbons (Fsp3) is 0.625. The Bertz CT molecular complexity index is 413. The quantitative estimate of drug-likeness (QED) is 0.745. The second-order valence-corrected chi connectivity index (χ2v) is 5.64. The van der Waals surface area contributed by atoms with Gasteiger partial charge in [-0.25, -0.2) is 8.42 Å². The molecule has 0 unspecified atom stereocenters. The first kappa shape index (κ1) is 12.0. The Morgan fingerprint density at radius 3 is 2.73 bits per heavy atom. The van der Waals surface area contributed by atoms with Crippen molar-refractivity contribution in [2.24, 2.45) is 5.73 Å². The Kier molecular flexibility index (Phi) is 3.70. The van der Waals surface area contributed by atoms with Crippen LogP contribution in [0, 0.1) is 0 Å². The molecule has 15 heavy (non-hydrogen) atoms. The van der Waals surface area contributed by atoms with Gasteiger partial charge in [-0.1, -0.05) is 0 Å². The molecule has 0 bridgehead atoms. The van der Waals surface area contributed by atoms with Crippen molar-refractivity contribution in [3.63, 3.8) is 0 Å². The minimum atomic E-state index is -2.96. The van der Waals surface area contributed by atoms with Gasteiger partial charge in [-0.2, -0.15) is 4.98 Å². The van der Waals surface area contributed by atoms with Crippen LogP contribution < -0.4 is 10.6 Å². The molecule has 1 aromatic rings. The van der Waals surface area contributed by atoms with Crippen LogP contribution in [0.4, 0.5) is 6.01 Å². The predicted octanol–water partition coefficient (Wildman–Crippen LogP) is -0.386. The highest BCUT2D eigenvalue weighted by molar-refractivity contribution is 7.90. The van der Waals surface area contributed by atoms with Crippen LogP contribution in [-0.2, 0) is 16.4 Å². The molecule has 1 rings (SSSR count). The summed E-state index contributed by atoms with van der Waals surface area (Å²) in [5.41, 5.74) is 6.02. The standard InChI is InChI=1S/C8H15N3O3S/c1-11(3-4-15(2,12)13)8-10-7(5-9)6-14-8/h6H,3-5,9H2,1-2H3. The van der Waals surface area contributed by atoms with Gasteiger partial charge in [0.1, 0.15) is 16.1 Å². The van der Waals surface area contributed by atoms with Crippen molar-refractivity contribution in [3.8, 4) is 0 Å². The van der Waals surface area contributed by atoms with Crippen LogP contribution in [-0.4, -0.2) is 39.0 Å². The number of anilines is 1. The number of rotatable bonds is 5. The number of nitrogens with zero attached hydrogens (tertiary/aromatic N) is 2. The van der Waals surface area contributed by atoms with Gasteiger partial charge >= 0.3 is 0 Å². The van der Waals surface area contributed by atoms with E-state index >= 15 is 0 Å². The van der Waals surface area contributed by atoms with Crippen LogP contribution >= 0.6 is 0 Å². The van der Waals surface area contributed by atoms with Gasteiger partial charge in [0.15, 0.2) is 0 Å². The van der Waals surface area contributed by atoms with Gasteiger partial charge in [-0.3, -0.25) is 0 Å². The molecule has 0 fully saturated rings. The van der Waals surface area contributed by atoms with Crippen LogP contribution in [0.3, 0.4) is 0 Å². The van der Waals surface area contributed by atoms with Crippen molar-refractivity contribution in [1.82, 2.24) is 4.98 Å². The van der Waals surface area contributed by atoms with E-state index in [4.69, 9.17) is 10.2 Å². The number of hydrogen-bond donors (Lipinski definition) is 1. The first-order chi connectivity index (χ1) is 6.92. The normalized spacial score (nSPS) is 11.7. The summed E-state index contributed by atoms with van der Waals surface area (Å²) in [4.78, 5) is 5.71. The topological polar surface area (TPSA) is 89.4 Å². The molecule has 0 aliphatic rings. The highest BCUT2D eigenvalue weighted by Crippen LogP contribution is 2.11.